The zero-order valence-corrected chi connectivity index (χ0v) is 12.2. The molecular weight excluding hydrogens is 268 g/mol. The SMILES string of the molecule is C=CC[C@@]1(c2ccccc2)OC(=O)[C@@H](CCCC)OC1=O. The van der Waals surface area contributed by atoms with Crippen molar-refractivity contribution in [2.75, 3.05) is 0 Å². The van der Waals surface area contributed by atoms with E-state index in [1.54, 1.807) is 30.3 Å². The molecule has 4 nitrogen and oxygen atoms in total. The van der Waals surface area contributed by atoms with Crippen LogP contribution in [0.15, 0.2) is 43.0 Å². The lowest BCUT2D eigenvalue weighted by Gasteiger charge is -2.37. The molecule has 0 radical (unpaired) electrons. The van der Waals surface area contributed by atoms with Crippen LogP contribution in [0.2, 0.25) is 0 Å². The Hall–Kier alpha value is -2.10. The molecule has 0 aromatic heterocycles. The summed E-state index contributed by atoms with van der Waals surface area (Å²) >= 11 is 0. The molecule has 0 amide bonds. The van der Waals surface area contributed by atoms with Crippen LogP contribution in [0.4, 0.5) is 0 Å². The first-order valence-corrected chi connectivity index (χ1v) is 7.24. The Bertz CT molecular complexity index is 523. The van der Waals surface area contributed by atoms with E-state index in [1.807, 2.05) is 13.0 Å². The fourth-order valence-corrected chi connectivity index (χ4v) is 2.45. The Balaban J connectivity index is 2.29. The van der Waals surface area contributed by atoms with Gasteiger partial charge in [-0.15, -0.1) is 6.58 Å². The van der Waals surface area contributed by atoms with Crippen molar-refractivity contribution in [3.05, 3.63) is 48.6 Å². The number of unbranched alkanes of at least 4 members (excludes halogenated alkanes) is 1. The van der Waals surface area contributed by atoms with Gasteiger partial charge >= 0.3 is 11.9 Å². The van der Waals surface area contributed by atoms with Crippen molar-refractivity contribution in [2.45, 2.75) is 44.3 Å². The minimum atomic E-state index is -1.40. The lowest BCUT2D eigenvalue weighted by Crippen LogP contribution is -2.51. The molecular formula is C17H20O4. The maximum Gasteiger partial charge on any atom is 0.356 e. The van der Waals surface area contributed by atoms with Crippen LogP contribution in [0, 0.1) is 0 Å². The zero-order valence-electron chi connectivity index (χ0n) is 12.2. The number of carbonyl (C=O) groups excluding carboxylic acids is 2. The molecule has 1 aromatic rings. The summed E-state index contributed by atoms with van der Waals surface area (Å²) in [6, 6.07) is 8.94. The van der Waals surface area contributed by atoms with E-state index in [0.717, 1.165) is 12.8 Å². The molecule has 0 saturated carbocycles. The van der Waals surface area contributed by atoms with Gasteiger partial charge in [-0.3, -0.25) is 0 Å². The number of carbonyl (C=O) groups is 2. The second kappa shape index (κ2) is 6.57. The highest BCUT2D eigenvalue weighted by molar-refractivity contribution is 5.91. The summed E-state index contributed by atoms with van der Waals surface area (Å²) in [6.45, 7) is 5.67. The Labute approximate surface area is 124 Å². The highest BCUT2D eigenvalue weighted by Gasteiger charge is 2.51. The van der Waals surface area contributed by atoms with E-state index in [9.17, 15) is 9.59 Å². The van der Waals surface area contributed by atoms with Crippen LogP contribution in [0.1, 0.15) is 38.2 Å². The van der Waals surface area contributed by atoms with Crippen LogP contribution < -0.4 is 0 Å². The quantitative estimate of drug-likeness (QED) is 0.596. The van der Waals surface area contributed by atoms with E-state index < -0.39 is 23.6 Å². The molecule has 1 fully saturated rings. The van der Waals surface area contributed by atoms with Crippen LogP contribution in [-0.4, -0.2) is 18.0 Å². The Morgan fingerprint density at radius 1 is 1.29 bits per heavy atom. The minimum absolute atomic E-state index is 0.197. The van der Waals surface area contributed by atoms with Gasteiger partial charge in [0.2, 0.25) is 5.60 Å². The molecule has 0 spiro atoms. The van der Waals surface area contributed by atoms with Crippen LogP contribution in [-0.2, 0) is 24.7 Å². The summed E-state index contributed by atoms with van der Waals surface area (Å²) in [5.74, 6) is -0.997. The van der Waals surface area contributed by atoms with Crippen molar-refractivity contribution >= 4 is 11.9 Å². The maximum atomic E-state index is 12.5. The molecule has 0 unspecified atom stereocenters. The third kappa shape index (κ3) is 2.99. The zero-order chi connectivity index (χ0) is 15.3. The predicted octanol–water partition coefficient (Wildman–Crippen LogP) is 3.12. The van der Waals surface area contributed by atoms with Crippen LogP contribution >= 0.6 is 0 Å². The molecule has 1 saturated heterocycles. The minimum Gasteiger partial charge on any atom is -0.447 e. The summed E-state index contributed by atoms with van der Waals surface area (Å²) in [5.41, 5.74) is -0.791. The summed E-state index contributed by atoms with van der Waals surface area (Å²) in [7, 11) is 0. The molecule has 4 heteroatoms. The smallest absolute Gasteiger partial charge is 0.356 e. The number of benzene rings is 1. The number of cyclic esters (lactones) is 2. The van der Waals surface area contributed by atoms with Crippen molar-refractivity contribution in [1.29, 1.82) is 0 Å². The number of ether oxygens (including phenoxy) is 2. The van der Waals surface area contributed by atoms with Crippen molar-refractivity contribution < 1.29 is 19.1 Å². The maximum absolute atomic E-state index is 12.5. The number of hydrogen-bond acceptors (Lipinski definition) is 4. The monoisotopic (exact) mass is 288 g/mol. The van der Waals surface area contributed by atoms with Crippen molar-refractivity contribution in [1.82, 2.24) is 0 Å². The molecule has 21 heavy (non-hydrogen) atoms. The van der Waals surface area contributed by atoms with Crippen molar-refractivity contribution in [2.24, 2.45) is 0 Å². The average Bonchev–Trinajstić information content (AvgIpc) is 2.50. The topological polar surface area (TPSA) is 52.6 Å². The molecule has 2 rings (SSSR count). The summed E-state index contributed by atoms with van der Waals surface area (Å²) < 4.78 is 10.9. The molecule has 1 aliphatic heterocycles. The van der Waals surface area contributed by atoms with Crippen molar-refractivity contribution in [3.63, 3.8) is 0 Å². The first kappa shape index (κ1) is 15.3. The van der Waals surface area contributed by atoms with Gasteiger partial charge < -0.3 is 9.47 Å². The van der Waals surface area contributed by atoms with Gasteiger partial charge in [-0.2, -0.15) is 0 Å². The second-order valence-corrected chi connectivity index (χ2v) is 5.14. The Morgan fingerprint density at radius 2 is 2.00 bits per heavy atom. The van der Waals surface area contributed by atoms with E-state index in [0.29, 0.717) is 12.0 Å². The second-order valence-electron chi connectivity index (χ2n) is 5.14. The Kier molecular flexibility index (Phi) is 4.78. The van der Waals surface area contributed by atoms with Gasteiger partial charge in [0.25, 0.3) is 0 Å². The number of esters is 2. The molecule has 0 N–H and O–H groups in total. The van der Waals surface area contributed by atoms with E-state index in [2.05, 4.69) is 6.58 Å². The largest absolute Gasteiger partial charge is 0.447 e. The third-order valence-corrected chi connectivity index (χ3v) is 3.61. The predicted molar refractivity (Wildman–Crippen MR) is 78.4 cm³/mol. The van der Waals surface area contributed by atoms with Gasteiger partial charge in [-0.25, -0.2) is 9.59 Å². The lowest BCUT2D eigenvalue weighted by atomic mass is 9.89. The van der Waals surface area contributed by atoms with Gasteiger partial charge in [-0.1, -0.05) is 49.8 Å². The third-order valence-electron chi connectivity index (χ3n) is 3.61. The molecule has 0 bridgehead atoms. The molecule has 0 aliphatic carbocycles. The van der Waals surface area contributed by atoms with E-state index >= 15 is 0 Å². The lowest BCUT2D eigenvalue weighted by molar-refractivity contribution is -0.213. The van der Waals surface area contributed by atoms with Crippen molar-refractivity contribution in [3.8, 4) is 0 Å². The fraction of sp³-hybridized carbons (Fsp3) is 0.412. The normalized spacial score (nSPS) is 25.1. The molecule has 112 valence electrons. The van der Waals surface area contributed by atoms with Gasteiger partial charge in [0.15, 0.2) is 6.10 Å². The standard InChI is InChI=1S/C17H20O4/c1-3-5-11-14-15(18)21-17(12-4-2,16(19)20-14)13-9-7-6-8-10-13/h4,6-10,14H,2-3,5,11-12H2,1H3/t14-,17+/m1/s1. The van der Waals surface area contributed by atoms with E-state index in [-0.39, 0.29) is 6.42 Å². The number of hydrogen-bond donors (Lipinski definition) is 0. The van der Waals surface area contributed by atoms with E-state index in [1.165, 1.54) is 0 Å². The van der Waals surface area contributed by atoms with Gasteiger partial charge in [0.05, 0.1) is 0 Å². The number of rotatable bonds is 6. The summed E-state index contributed by atoms with van der Waals surface area (Å²) in [6.07, 6.45) is 3.21. The highest BCUT2D eigenvalue weighted by Crippen LogP contribution is 2.36. The fourth-order valence-electron chi connectivity index (χ4n) is 2.45. The van der Waals surface area contributed by atoms with E-state index in [4.69, 9.17) is 9.47 Å². The summed E-state index contributed by atoms with van der Waals surface area (Å²) in [5, 5.41) is 0. The summed E-state index contributed by atoms with van der Waals surface area (Å²) in [4.78, 5) is 24.7. The highest BCUT2D eigenvalue weighted by atomic mass is 16.7. The first-order valence-electron chi connectivity index (χ1n) is 7.24. The van der Waals surface area contributed by atoms with Crippen LogP contribution in [0.25, 0.3) is 0 Å². The molecule has 2 atom stereocenters. The van der Waals surface area contributed by atoms with Gasteiger partial charge in [0, 0.05) is 12.0 Å². The Morgan fingerprint density at radius 3 is 2.62 bits per heavy atom. The van der Waals surface area contributed by atoms with Gasteiger partial charge in [-0.05, 0) is 12.8 Å². The molecule has 1 aromatic carbocycles. The van der Waals surface area contributed by atoms with Crippen LogP contribution in [0.5, 0.6) is 0 Å². The van der Waals surface area contributed by atoms with Crippen LogP contribution in [0.3, 0.4) is 0 Å². The molecule has 1 heterocycles. The molecule has 1 aliphatic rings. The first-order chi connectivity index (χ1) is 10.1. The average molecular weight is 288 g/mol. The van der Waals surface area contributed by atoms with Gasteiger partial charge in [0.1, 0.15) is 0 Å².